The van der Waals surface area contributed by atoms with Gasteiger partial charge in [-0.25, -0.2) is 0 Å². The van der Waals surface area contributed by atoms with E-state index in [4.69, 9.17) is 0 Å². The highest BCUT2D eigenvalue weighted by molar-refractivity contribution is 5.77. The van der Waals surface area contributed by atoms with Crippen LogP contribution >= 0.6 is 0 Å². The number of carbonyl (C=O) groups is 1. The number of carbonyl (C=O) groups excluding carboxylic acids is 1. The highest BCUT2D eigenvalue weighted by atomic mass is 16.2. The third-order valence-corrected chi connectivity index (χ3v) is 2.17. The van der Waals surface area contributed by atoms with Gasteiger partial charge in [0.1, 0.15) is 0 Å². The summed E-state index contributed by atoms with van der Waals surface area (Å²) in [6.45, 7) is 4.77. The number of hydrogen-bond acceptors (Lipinski definition) is 2. The van der Waals surface area contributed by atoms with E-state index in [2.05, 4.69) is 19.2 Å². The fourth-order valence-corrected chi connectivity index (χ4v) is 1.19. The zero-order valence-corrected chi connectivity index (χ0v) is 9.26. The van der Waals surface area contributed by atoms with Crippen molar-refractivity contribution in [2.75, 3.05) is 20.6 Å². The van der Waals surface area contributed by atoms with Crippen LogP contribution in [0.1, 0.15) is 33.1 Å². The van der Waals surface area contributed by atoms with E-state index in [1.165, 1.54) is 6.42 Å². The van der Waals surface area contributed by atoms with Crippen LogP contribution in [-0.2, 0) is 4.79 Å². The maximum Gasteiger partial charge on any atom is 0.236 e. The van der Waals surface area contributed by atoms with Gasteiger partial charge in [-0.15, -0.1) is 0 Å². The zero-order chi connectivity index (χ0) is 10.3. The van der Waals surface area contributed by atoms with Crippen LogP contribution < -0.4 is 5.32 Å². The van der Waals surface area contributed by atoms with Crippen molar-refractivity contribution in [1.82, 2.24) is 10.2 Å². The van der Waals surface area contributed by atoms with E-state index in [9.17, 15) is 4.79 Å². The molecule has 0 aromatic carbocycles. The molecule has 1 unspecified atom stereocenters. The smallest absolute Gasteiger partial charge is 0.236 e. The molecule has 0 saturated heterocycles. The Hall–Kier alpha value is -0.570. The second-order valence-electron chi connectivity index (χ2n) is 3.56. The third-order valence-electron chi connectivity index (χ3n) is 2.17. The van der Waals surface area contributed by atoms with E-state index in [0.29, 0.717) is 12.6 Å². The summed E-state index contributed by atoms with van der Waals surface area (Å²) in [5, 5.41) is 3.26. The first-order valence-corrected chi connectivity index (χ1v) is 5.05. The first-order chi connectivity index (χ1) is 6.11. The minimum Gasteiger partial charge on any atom is -0.348 e. The molecule has 1 N–H and O–H groups in total. The molecule has 1 atom stereocenters. The molecule has 0 aliphatic carbocycles. The van der Waals surface area contributed by atoms with Crippen molar-refractivity contribution in [3.8, 4) is 0 Å². The summed E-state index contributed by atoms with van der Waals surface area (Å²) in [5.74, 6) is 0.148. The Bertz CT molecular complexity index is 146. The molecule has 0 heterocycles. The molecule has 0 aromatic heterocycles. The molecular weight excluding hydrogens is 164 g/mol. The Morgan fingerprint density at radius 3 is 2.38 bits per heavy atom. The Labute approximate surface area is 81.5 Å². The molecule has 3 nitrogen and oxygen atoms in total. The average molecular weight is 186 g/mol. The maximum absolute atomic E-state index is 11.2. The lowest BCUT2D eigenvalue weighted by Crippen LogP contribution is -2.38. The lowest BCUT2D eigenvalue weighted by molar-refractivity contribution is -0.127. The van der Waals surface area contributed by atoms with Crippen LogP contribution in [0.3, 0.4) is 0 Å². The lowest BCUT2D eigenvalue weighted by Gasteiger charge is -2.17. The highest BCUT2D eigenvalue weighted by Gasteiger charge is 2.07. The second kappa shape index (κ2) is 6.89. The van der Waals surface area contributed by atoms with E-state index in [1.54, 1.807) is 19.0 Å². The Balaban J connectivity index is 3.65. The van der Waals surface area contributed by atoms with Crippen LogP contribution in [-0.4, -0.2) is 37.5 Å². The summed E-state index contributed by atoms with van der Waals surface area (Å²) in [5.41, 5.74) is 0. The number of amides is 1. The fraction of sp³-hybridized carbons (Fsp3) is 0.900. The second-order valence-corrected chi connectivity index (χ2v) is 3.56. The van der Waals surface area contributed by atoms with Crippen LogP contribution in [0.4, 0.5) is 0 Å². The van der Waals surface area contributed by atoms with E-state index in [0.717, 1.165) is 12.8 Å². The molecule has 3 heteroatoms. The fourth-order valence-electron chi connectivity index (χ4n) is 1.19. The zero-order valence-electron chi connectivity index (χ0n) is 9.26. The summed E-state index contributed by atoms with van der Waals surface area (Å²) in [7, 11) is 3.57. The van der Waals surface area contributed by atoms with E-state index in [1.807, 2.05) is 0 Å². The topological polar surface area (TPSA) is 32.3 Å². The van der Waals surface area contributed by atoms with Crippen molar-refractivity contribution in [3.63, 3.8) is 0 Å². The summed E-state index contributed by atoms with van der Waals surface area (Å²) in [6, 6.07) is 0.494. The average Bonchev–Trinajstić information content (AvgIpc) is 2.11. The largest absolute Gasteiger partial charge is 0.348 e. The van der Waals surface area contributed by atoms with Crippen molar-refractivity contribution in [2.45, 2.75) is 39.2 Å². The van der Waals surface area contributed by atoms with Gasteiger partial charge >= 0.3 is 0 Å². The van der Waals surface area contributed by atoms with Gasteiger partial charge in [-0.1, -0.05) is 20.3 Å². The molecule has 78 valence electrons. The summed E-state index contributed by atoms with van der Waals surface area (Å²) < 4.78 is 0. The van der Waals surface area contributed by atoms with Gasteiger partial charge in [-0.2, -0.15) is 0 Å². The Morgan fingerprint density at radius 2 is 2.00 bits per heavy atom. The molecule has 0 aliphatic heterocycles. The molecule has 0 aliphatic rings. The maximum atomic E-state index is 11.2. The SMILES string of the molecule is CCCC(CC)NCC(=O)N(C)C. The van der Waals surface area contributed by atoms with Gasteiger partial charge in [-0.05, 0) is 12.8 Å². The summed E-state index contributed by atoms with van der Waals surface area (Å²) in [4.78, 5) is 12.8. The van der Waals surface area contributed by atoms with Crippen LogP contribution in [0.2, 0.25) is 0 Å². The van der Waals surface area contributed by atoms with Gasteiger partial charge in [0.2, 0.25) is 5.91 Å². The van der Waals surface area contributed by atoms with E-state index in [-0.39, 0.29) is 5.91 Å². The van der Waals surface area contributed by atoms with E-state index < -0.39 is 0 Å². The number of hydrogen-bond donors (Lipinski definition) is 1. The predicted molar refractivity (Wildman–Crippen MR) is 55.7 cm³/mol. The van der Waals surface area contributed by atoms with Crippen LogP contribution in [0.15, 0.2) is 0 Å². The number of rotatable bonds is 6. The van der Waals surface area contributed by atoms with Gasteiger partial charge < -0.3 is 10.2 Å². The van der Waals surface area contributed by atoms with Gasteiger partial charge in [0.05, 0.1) is 6.54 Å². The summed E-state index contributed by atoms with van der Waals surface area (Å²) in [6.07, 6.45) is 3.41. The molecule has 0 spiro atoms. The number of nitrogens with one attached hydrogen (secondary N) is 1. The summed E-state index contributed by atoms with van der Waals surface area (Å²) >= 11 is 0. The molecule has 0 fully saturated rings. The van der Waals surface area contributed by atoms with Crippen molar-refractivity contribution >= 4 is 5.91 Å². The third kappa shape index (κ3) is 5.64. The van der Waals surface area contributed by atoms with Gasteiger partial charge in [-0.3, -0.25) is 4.79 Å². The predicted octanol–water partition coefficient (Wildman–Crippen LogP) is 1.24. The van der Waals surface area contributed by atoms with Crippen molar-refractivity contribution in [2.24, 2.45) is 0 Å². The molecule has 0 saturated carbocycles. The number of likely N-dealkylation sites (N-methyl/N-ethyl adjacent to an activating group) is 1. The monoisotopic (exact) mass is 186 g/mol. The van der Waals surface area contributed by atoms with Gasteiger partial charge in [0.25, 0.3) is 0 Å². The standard InChI is InChI=1S/C10H22N2O/c1-5-7-9(6-2)11-8-10(13)12(3)4/h9,11H,5-8H2,1-4H3. The quantitative estimate of drug-likeness (QED) is 0.677. The molecule has 0 aromatic rings. The van der Waals surface area contributed by atoms with Crippen molar-refractivity contribution < 1.29 is 4.79 Å². The molecule has 0 radical (unpaired) electrons. The van der Waals surface area contributed by atoms with Crippen molar-refractivity contribution in [3.05, 3.63) is 0 Å². The Kier molecular flexibility index (Phi) is 6.59. The van der Waals surface area contributed by atoms with E-state index >= 15 is 0 Å². The molecule has 0 rings (SSSR count). The van der Waals surface area contributed by atoms with Crippen molar-refractivity contribution in [1.29, 1.82) is 0 Å². The Morgan fingerprint density at radius 1 is 1.38 bits per heavy atom. The minimum atomic E-state index is 0.148. The molecule has 1 amide bonds. The normalized spacial score (nSPS) is 12.6. The highest BCUT2D eigenvalue weighted by Crippen LogP contribution is 2.00. The first-order valence-electron chi connectivity index (χ1n) is 5.05. The first kappa shape index (κ1) is 12.4. The van der Waals surface area contributed by atoms with Crippen LogP contribution in [0.5, 0.6) is 0 Å². The van der Waals surface area contributed by atoms with Crippen LogP contribution in [0, 0.1) is 0 Å². The van der Waals surface area contributed by atoms with Gasteiger partial charge in [0.15, 0.2) is 0 Å². The van der Waals surface area contributed by atoms with Gasteiger partial charge in [0, 0.05) is 20.1 Å². The molecule has 0 bridgehead atoms. The molecule has 13 heavy (non-hydrogen) atoms. The molecular formula is C10H22N2O. The van der Waals surface area contributed by atoms with Crippen LogP contribution in [0.25, 0.3) is 0 Å². The lowest BCUT2D eigenvalue weighted by atomic mass is 10.1. The minimum absolute atomic E-state index is 0.148. The number of nitrogens with zero attached hydrogens (tertiary/aromatic N) is 1.